The van der Waals surface area contributed by atoms with E-state index in [1.54, 1.807) is 23.2 Å². The maximum absolute atomic E-state index is 14.2. The second-order valence-corrected chi connectivity index (χ2v) is 25.0. The molecule has 3 atom stereocenters. The van der Waals surface area contributed by atoms with E-state index in [0.717, 1.165) is 20.9 Å². The molecule has 2 aromatic carbocycles. The number of nitrogens with one attached hydrogen (secondary N) is 3. The zero-order valence-electron chi connectivity index (χ0n) is 51.0. The third kappa shape index (κ3) is 20.4. The average Bonchev–Trinajstić information content (AvgIpc) is 1.70. The standard InChI is InChI=1S/C61H82N8O18S2/c1-40-30-42-36-65-45-34-50(48(79-5)32-43(45)57(75)67(42)37-40)85-19-8-7-9-20-86-51-35-46-44(33-49(51)80-6)58(76)68-38-41(2)31-47(68)59(77)69(46)60(78)87-39-61(3,4)89-88-29-14-54(72)63-16-15-62-53(71)13-21-81-23-25-83-27-28-84-26-24-82-22-17-64-52(70)12-18-66-55(73)10-11-56(66)74/h10-11,32-36,42,47,59,77H,1-2,7-9,12-31,37-39H2,3-6H3,(H,62,71)(H,63,72)(H,64,70)/t42-,47?,59?/m0/s1. The van der Waals surface area contributed by atoms with Crippen LogP contribution in [0, 0.1) is 0 Å². The molecule has 5 aliphatic heterocycles. The van der Waals surface area contributed by atoms with Gasteiger partial charge in [-0.1, -0.05) is 45.9 Å². The molecule has 7 rings (SSSR count). The monoisotopic (exact) mass is 1280 g/mol. The molecule has 2 aromatic rings. The molecule has 5 heterocycles. The predicted octanol–water partition coefficient (Wildman–Crippen LogP) is 4.53. The number of imide groups is 1. The lowest BCUT2D eigenvalue weighted by Crippen LogP contribution is -2.51. The minimum atomic E-state index is -1.48. The Labute approximate surface area is 526 Å². The summed E-state index contributed by atoms with van der Waals surface area (Å²) in [5, 5.41) is 20.1. The topological polar surface area (TPSA) is 301 Å². The minimum absolute atomic E-state index is 0.0144. The van der Waals surface area contributed by atoms with Gasteiger partial charge in [0, 0.05) is 94.8 Å². The van der Waals surface area contributed by atoms with E-state index < -0.39 is 40.8 Å². The van der Waals surface area contributed by atoms with Crippen molar-refractivity contribution in [3.63, 3.8) is 0 Å². The first kappa shape index (κ1) is 69.3. The maximum Gasteiger partial charge on any atom is 0.416 e. The molecule has 4 N–H and O–H groups in total. The number of anilines is 1. The first-order chi connectivity index (χ1) is 42.9. The van der Waals surface area contributed by atoms with Gasteiger partial charge in [-0.2, -0.15) is 0 Å². The van der Waals surface area contributed by atoms with Gasteiger partial charge in [-0.15, -0.1) is 0 Å². The highest BCUT2D eigenvalue weighted by molar-refractivity contribution is 8.77. The van der Waals surface area contributed by atoms with Crippen molar-refractivity contribution < 1.29 is 86.1 Å². The van der Waals surface area contributed by atoms with Gasteiger partial charge in [-0.3, -0.25) is 43.5 Å². The molecular formula is C61H82N8O18S2. The van der Waals surface area contributed by atoms with Crippen molar-refractivity contribution in [2.75, 3.05) is 137 Å². The van der Waals surface area contributed by atoms with Crippen LogP contribution in [0.25, 0.3) is 0 Å². The SMILES string of the molecule is C=C1CC2C(O)N(C(=O)OCC(C)(C)SSCCC(=O)NCCNC(=O)CCOCCOCCOCCOCCNC(=O)CCN3C(=O)C=CC3=O)c3cc(OCCCCCOc4cc5c(cc4OC)C(=O)N4CC(=C)C[C@H]4C=N5)c(OC)cc3C(=O)N2C1. The Morgan fingerprint density at radius 3 is 1.85 bits per heavy atom. The van der Waals surface area contributed by atoms with E-state index in [4.69, 9.17) is 42.6 Å². The number of hydrogen-bond acceptors (Lipinski definition) is 21. The Hall–Kier alpha value is -7.21. The summed E-state index contributed by atoms with van der Waals surface area (Å²) in [4.78, 5) is 112. The van der Waals surface area contributed by atoms with Crippen LogP contribution in [0.3, 0.4) is 0 Å². The number of carbonyl (C=O) groups excluding carboxylic acids is 8. The van der Waals surface area contributed by atoms with Crippen molar-refractivity contribution in [2.24, 2.45) is 4.99 Å². The van der Waals surface area contributed by atoms with Crippen LogP contribution in [0.15, 0.2) is 65.7 Å². The number of aliphatic hydroxyl groups is 1. The molecule has 28 heteroatoms. The lowest BCUT2D eigenvalue weighted by Gasteiger charge is -2.32. The van der Waals surface area contributed by atoms with Crippen molar-refractivity contribution in [1.82, 2.24) is 30.7 Å². The number of fused-ring (bicyclic) bond motifs is 4. The molecule has 0 saturated carbocycles. The highest BCUT2D eigenvalue weighted by Crippen LogP contribution is 2.43. The van der Waals surface area contributed by atoms with Crippen molar-refractivity contribution >= 4 is 86.6 Å². The molecule has 8 amide bonds. The summed E-state index contributed by atoms with van der Waals surface area (Å²) in [6.07, 6.45) is 5.07. The number of aliphatic imine (C=N–C) groups is 1. The molecule has 89 heavy (non-hydrogen) atoms. The lowest BCUT2D eigenvalue weighted by molar-refractivity contribution is -0.137. The van der Waals surface area contributed by atoms with E-state index in [0.29, 0.717) is 107 Å². The van der Waals surface area contributed by atoms with Crippen LogP contribution in [0.4, 0.5) is 16.2 Å². The largest absolute Gasteiger partial charge is 0.493 e. The van der Waals surface area contributed by atoms with E-state index >= 15 is 0 Å². The lowest BCUT2D eigenvalue weighted by atomic mass is 10.1. The molecule has 486 valence electrons. The molecule has 2 fully saturated rings. The van der Waals surface area contributed by atoms with Gasteiger partial charge >= 0.3 is 6.09 Å². The predicted molar refractivity (Wildman–Crippen MR) is 332 cm³/mol. The number of benzene rings is 2. The second-order valence-electron chi connectivity index (χ2n) is 21.9. The van der Waals surface area contributed by atoms with Crippen LogP contribution >= 0.6 is 21.6 Å². The van der Waals surface area contributed by atoms with Crippen LogP contribution in [0.2, 0.25) is 0 Å². The van der Waals surface area contributed by atoms with Crippen LogP contribution in [0.5, 0.6) is 23.0 Å². The van der Waals surface area contributed by atoms with E-state index in [9.17, 15) is 43.5 Å². The third-order valence-corrected chi connectivity index (χ3v) is 17.8. The smallest absolute Gasteiger partial charge is 0.416 e. The normalized spacial score (nSPS) is 17.7. The van der Waals surface area contributed by atoms with Gasteiger partial charge in [0.05, 0.1) is 120 Å². The van der Waals surface area contributed by atoms with Gasteiger partial charge in [0.25, 0.3) is 23.6 Å². The third-order valence-electron chi connectivity index (χ3n) is 14.5. The fourth-order valence-electron chi connectivity index (χ4n) is 9.92. The molecule has 2 unspecified atom stereocenters. The van der Waals surface area contributed by atoms with Crippen LogP contribution in [-0.2, 0) is 47.7 Å². The summed E-state index contributed by atoms with van der Waals surface area (Å²) >= 11 is 0. The molecule has 0 aliphatic carbocycles. The zero-order valence-corrected chi connectivity index (χ0v) is 52.6. The Morgan fingerprint density at radius 1 is 0.652 bits per heavy atom. The Balaban J connectivity index is 0.737. The summed E-state index contributed by atoms with van der Waals surface area (Å²) in [6.45, 7) is 16.3. The number of ether oxygens (including phenoxy) is 9. The van der Waals surface area contributed by atoms with E-state index in [2.05, 4.69) is 34.1 Å². The van der Waals surface area contributed by atoms with Gasteiger partial charge in [0.2, 0.25) is 17.7 Å². The molecule has 0 radical (unpaired) electrons. The number of hydrogen-bond donors (Lipinski definition) is 4. The quantitative estimate of drug-likeness (QED) is 0.0311. The Bertz CT molecular complexity index is 2930. The summed E-state index contributed by atoms with van der Waals surface area (Å²) in [7, 11) is 5.84. The van der Waals surface area contributed by atoms with Gasteiger partial charge in [-0.05, 0) is 58.1 Å². The molecule has 2 saturated heterocycles. The fraction of sp³-hybridized carbons (Fsp3) is 0.557. The summed E-state index contributed by atoms with van der Waals surface area (Å²) in [6, 6.07) is 5.52. The van der Waals surface area contributed by atoms with E-state index in [-0.39, 0.29) is 137 Å². The van der Waals surface area contributed by atoms with Crippen molar-refractivity contribution in [2.45, 2.75) is 88.3 Å². The number of methoxy groups -OCH3 is 2. The van der Waals surface area contributed by atoms with Crippen LogP contribution in [-0.4, -0.2) is 228 Å². The fourth-order valence-corrected chi connectivity index (χ4v) is 12.3. The number of aliphatic hydroxyl groups excluding tert-OH is 1. The summed E-state index contributed by atoms with van der Waals surface area (Å²) in [5.41, 5.74) is 2.90. The summed E-state index contributed by atoms with van der Waals surface area (Å²) in [5.74, 6) is -0.208. The number of rotatable bonds is 38. The molecule has 26 nitrogen and oxygen atoms in total. The van der Waals surface area contributed by atoms with Crippen molar-refractivity contribution in [3.8, 4) is 23.0 Å². The highest BCUT2D eigenvalue weighted by Gasteiger charge is 2.47. The van der Waals surface area contributed by atoms with Crippen LogP contribution < -0.4 is 39.8 Å². The zero-order chi connectivity index (χ0) is 63.9. The minimum Gasteiger partial charge on any atom is -0.493 e. The van der Waals surface area contributed by atoms with Crippen LogP contribution in [0.1, 0.15) is 85.9 Å². The molecule has 5 aliphatic rings. The van der Waals surface area contributed by atoms with Gasteiger partial charge in [0.1, 0.15) is 6.61 Å². The molecular weight excluding hydrogens is 1200 g/mol. The molecule has 0 spiro atoms. The number of carbonyl (C=O) groups is 8. The number of amides is 8. The average molecular weight is 1280 g/mol. The van der Waals surface area contributed by atoms with Gasteiger partial charge in [0.15, 0.2) is 29.2 Å². The van der Waals surface area contributed by atoms with E-state index in [1.165, 1.54) is 65.0 Å². The number of unbranched alkanes of at least 4 members (excludes halogenated alkanes) is 2. The Kier molecular flexibility index (Phi) is 27.0. The number of nitrogens with zero attached hydrogens (tertiary/aromatic N) is 5. The van der Waals surface area contributed by atoms with Crippen molar-refractivity contribution in [3.05, 3.63) is 71.8 Å². The highest BCUT2D eigenvalue weighted by atomic mass is 33.1. The first-order valence-electron chi connectivity index (χ1n) is 29.7. The first-order valence-corrected chi connectivity index (χ1v) is 32.0. The van der Waals surface area contributed by atoms with Gasteiger partial charge in [-0.25, -0.2) is 9.69 Å². The maximum atomic E-state index is 14.2. The van der Waals surface area contributed by atoms with Gasteiger partial charge < -0.3 is 73.5 Å². The molecule has 0 aromatic heterocycles. The van der Waals surface area contributed by atoms with E-state index in [1.807, 2.05) is 13.8 Å². The second kappa shape index (κ2) is 34.7. The summed E-state index contributed by atoms with van der Waals surface area (Å²) < 4.78 is 50.7. The Morgan fingerprint density at radius 2 is 1.20 bits per heavy atom. The van der Waals surface area contributed by atoms with Crippen molar-refractivity contribution in [1.29, 1.82) is 0 Å². The molecule has 0 bridgehead atoms.